The van der Waals surface area contributed by atoms with E-state index in [9.17, 15) is 15.2 Å². The Balaban J connectivity index is 1.41. The summed E-state index contributed by atoms with van der Waals surface area (Å²) in [4.78, 5) is 14.2. The number of carbonyl (C=O) groups excluding carboxylic acids is 1. The van der Waals surface area contributed by atoms with E-state index >= 15 is 4.39 Å². The molecule has 1 aliphatic rings. The zero-order chi connectivity index (χ0) is 27.8. The summed E-state index contributed by atoms with van der Waals surface area (Å²) >= 11 is 6.08. The highest BCUT2D eigenvalue weighted by atomic mass is 35.5. The molecule has 1 amide bonds. The number of hydrogen-bond donors (Lipinski definition) is 0. The highest BCUT2D eigenvalue weighted by Crippen LogP contribution is 2.33. The third-order valence-electron chi connectivity index (χ3n) is 6.86. The Kier molecular flexibility index (Phi) is 6.56. The lowest BCUT2D eigenvalue weighted by molar-refractivity contribution is -0.615. The molecule has 4 aromatic heterocycles. The van der Waals surface area contributed by atoms with E-state index in [0.717, 1.165) is 17.5 Å². The van der Waals surface area contributed by atoms with E-state index in [1.165, 1.54) is 35.7 Å². The number of nitrogens with zero attached hydrogens (tertiary/aromatic N) is 9. The maximum Gasteiger partial charge on any atom is 0.222 e. The van der Waals surface area contributed by atoms with Gasteiger partial charge in [-0.25, -0.2) is 4.39 Å². The third-order valence-corrected chi connectivity index (χ3v) is 7.16. The first-order valence-electron chi connectivity index (χ1n) is 12.3. The summed E-state index contributed by atoms with van der Waals surface area (Å²) in [6.07, 6.45) is 9.91. The number of aromatic nitrogens is 8. The molecule has 12 nitrogen and oxygen atoms in total. The van der Waals surface area contributed by atoms with E-state index in [2.05, 4.69) is 20.6 Å². The van der Waals surface area contributed by atoms with Crippen molar-refractivity contribution in [1.29, 1.82) is 0 Å². The van der Waals surface area contributed by atoms with Crippen molar-refractivity contribution < 1.29 is 18.6 Å². The van der Waals surface area contributed by atoms with Gasteiger partial charge in [0.05, 0.1) is 34.6 Å². The molecule has 0 N–H and O–H groups in total. The minimum Gasteiger partial charge on any atom is -0.619 e. The number of hydrogen-bond acceptors (Lipinski definition) is 7. The number of carbonyl (C=O) groups is 1. The average Bonchev–Trinajstić information content (AvgIpc) is 3.73. The third kappa shape index (κ3) is 4.71. The monoisotopic (exact) mass is 561 g/mol. The lowest BCUT2D eigenvalue weighted by atomic mass is 10.0. The summed E-state index contributed by atoms with van der Waals surface area (Å²) in [6.45, 7) is 0.796. The summed E-state index contributed by atoms with van der Waals surface area (Å²) < 4.78 is 19.5. The topological polar surface area (TPSA) is 136 Å². The molecule has 40 heavy (non-hydrogen) atoms. The van der Waals surface area contributed by atoms with Gasteiger partial charge < -0.3 is 15.3 Å². The van der Waals surface area contributed by atoms with Crippen LogP contribution in [0.15, 0.2) is 73.7 Å². The maximum atomic E-state index is 15.3. The lowest BCUT2D eigenvalue weighted by Crippen LogP contribution is -2.40. The predicted octanol–water partition coefficient (Wildman–Crippen LogP) is 2.46. The summed E-state index contributed by atoms with van der Waals surface area (Å²) in [5, 5.41) is 40.4. The molecule has 1 atom stereocenters. The van der Waals surface area contributed by atoms with Gasteiger partial charge in [0, 0.05) is 42.9 Å². The van der Waals surface area contributed by atoms with E-state index in [4.69, 9.17) is 11.6 Å². The van der Waals surface area contributed by atoms with E-state index in [-0.39, 0.29) is 28.6 Å². The van der Waals surface area contributed by atoms with Crippen LogP contribution in [0.4, 0.5) is 4.39 Å². The Morgan fingerprint density at radius 2 is 1.90 bits per heavy atom. The number of halogens is 2. The molecule has 5 heterocycles. The fraction of sp³-hybridized carbons (Fsp3) is 0.192. The van der Waals surface area contributed by atoms with Gasteiger partial charge in [-0.05, 0) is 40.6 Å². The lowest BCUT2D eigenvalue weighted by Gasteiger charge is -2.23. The zero-order valence-electron chi connectivity index (χ0n) is 20.8. The number of benzene rings is 1. The molecule has 0 aliphatic carbocycles. The van der Waals surface area contributed by atoms with Gasteiger partial charge in [-0.1, -0.05) is 11.6 Å². The van der Waals surface area contributed by atoms with E-state index < -0.39 is 11.9 Å². The first-order valence-corrected chi connectivity index (χ1v) is 12.7. The van der Waals surface area contributed by atoms with Crippen LogP contribution in [-0.4, -0.2) is 53.9 Å². The number of rotatable bonds is 7. The Labute approximate surface area is 231 Å². The minimum absolute atomic E-state index is 0.00147. The molecular weight excluding hydrogens is 541 g/mol. The standard InChI is InChI=1S/C26H21ClFN9O3/c27-20-4-6-22(36-16-29-31-32-36)25(26(20)28)18-3-5-21(37(40)14-18)23(15-33-9-1-2-24(33)38)35-13-19(12-30-35)17-7-10-34(39)11-8-17/h3-8,10-14,16,23H,1-2,9,15H2/t23-/m1/s1. The van der Waals surface area contributed by atoms with Gasteiger partial charge in [0.2, 0.25) is 11.6 Å². The second-order valence-electron chi connectivity index (χ2n) is 9.29. The molecular formula is C26H21ClFN9O3. The van der Waals surface area contributed by atoms with Crippen LogP contribution in [-0.2, 0) is 4.79 Å². The second kappa shape index (κ2) is 10.3. The molecule has 0 saturated carbocycles. The molecule has 1 aliphatic heterocycles. The fourth-order valence-corrected chi connectivity index (χ4v) is 5.01. The molecule has 5 aromatic rings. The van der Waals surface area contributed by atoms with Gasteiger partial charge in [0.15, 0.2) is 30.4 Å². The first-order chi connectivity index (χ1) is 19.4. The number of tetrazole rings is 1. The predicted molar refractivity (Wildman–Crippen MR) is 139 cm³/mol. The van der Waals surface area contributed by atoms with Crippen molar-refractivity contribution in [3.63, 3.8) is 0 Å². The van der Waals surface area contributed by atoms with Gasteiger partial charge in [-0.2, -0.15) is 19.2 Å². The van der Waals surface area contributed by atoms with E-state index in [1.807, 2.05) is 0 Å². The SMILES string of the molecule is O=C1CCCN1C[C@H](c1ccc(-c2c(-n3cnnn3)ccc(Cl)c2F)c[n+]1[O-])n1cc(-c2cc[n+]([O-])cc2)cn1. The van der Waals surface area contributed by atoms with Crippen LogP contribution in [0.2, 0.25) is 5.02 Å². The molecule has 0 bridgehead atoms. The van der Waals surface area contributed by atoms with Crippen LogP contribution in [0.3, 0.4) is 0 Å². The molecule has 0 unspecified atom stereocenters. The highest BCUT2D eigenvalue weighted by Gasteiger charge is 2.31. The van der Waals surface area contributed by atoms with Gasteiger partial charge in [-0.3, -0.25) is 9.48 Å². The first kappa shape index (κ1) is 25.4. The molecule has 1 fully saturated rings. The van der Waals surface area contributed by atoms with Crippen LogP contribution in [0.25, 0.3) is 27.9 Å². The largest absolute Gasteiger partial charge is 0.619 e. The van der Waals surface area contributed by atoms with E-state index in [1.54, 1.807) is 52.3 Å². The normalized spacial score (nSPS) is 14.2. The quantitative estimate of drug-likeness (QED) is 0.220. The highest BCUT2D eigenvalue weighted by molar-refractivity contribution is 6.31. The molecule has 1 aromatic carbocycles. The van der Waals surface area contributed by atoms with Gasteiger partial charge in [0.1, 0.15) is 6.33 Å². The molecule has 6 rings (SSSR count). The van der Waals surface area contributed by atoms with Crippen LogP contribution in [0.1, 0.15) is 24.6 Å². The van der Waals surface area contributed by atoms with Crippen LogP contribution >= 0.6 is 11.6 Å². The molecule has 202 valence electrons. The Morgan fingerprint density at radius 1 is 1.07 bits per heavy atom. The van der Waals surface area contributed by atoms with Gasteiger partial charge in [-0.15, -0.1) is 5.10 Å². The smallest absolute Gasteiger partial charge is 0.222 e. The second-order valence-corrected chi connectivity index (χ2v) is 9.70. The van der Waals surface area contributed by atoms with Crippen molar-refractivity contribution in [3.05, 3.63) is 101 Å². The Hall–Kier alpha value is -4.91. The molecule has 0 radical (unpaired) electrons. The van der Waals surface area contributed by atoms with Gasteiger partial charge >= 0.3 is 0 Å². The fourth-order valence-electron chi connectivity index (χ4n) is 4.86. The van der Waals surface area contributed by atoms with Crippen molar-refractivity contribution in [1.82, 2.24) is 34.9 Å². The average molecular weight is 562 g/mol. The number of pyridine rings is 2. The van der Waals surface area contributed by atoms with Crippen molar-refractivity contribution in [2.75, 3.05) is 13.1 Å². The molecule has 0 spiro atoms. The summed E-state index contributed by atoms with van der Waals surface area (Å²) in [5.74, 6) is -0.720. The van der Waals surface area contributed by atoms with Crippen LogP contribution in [0.5, 0.6) is 0 Å². The van der Waals surface area contributed by atoms with Gasteiger partial charge in [0.25, 0.3) is 0 Å². The minimum atomic E-state index is -0.722. The molecule has 1 saturated heterocycles. The van der Waals surface area contributed by atoms with Crippen LogP contribution < -0.4 is 9.46 Å². The van der Waals surface area contributed by atoms with Crippen molar-refractivity contribution in [2.45, 2.75) is 18.9 Å². The summed E-state index contributed by atoms with van der Waals surface area (Å²) in [5.41, 5.74) is 2.43. The van der Waals surface area contributed by atoms with Crippen molar-refractivity contribution in [2.24, 2.45) is 0 Å². The van der Waals surface area contributed by atoms with Crippen molar-refractivity contribution in [3.8, 4) is 27.9 Å². The Morgan fingerprint density at radius 3 is 2.60 bits per heavy atom. The van der Waals surface area contributed by atoms with E-state index in [0.29, 0.717) is 33.8 Å². The van der Waals surface area contributed by atoms with Crippen LogP contribution in [0, 0.1) is 16.2 Å². The summed E-state index contributed by atoms with van der Waals surface area (Å²) in [7, 11) is 0. The van der Waals surface area contributed by atoms with Crippen molar-refractivity contribution >= 4 is 17.5 Å². The Bertz CT molecular complexity index is 1690. The number of likely N-dealkylation sites (tertiary alicyclic amines) is 1. The maximum absolute atomic E-state index is 15.3. The number of amides is 1. The summed E-state index contributed by atoms with van der Waals surface area (Å²) in [6, 6.07) is 8.83. The molecule has 14 heteroatoms. The zero-order valence-corrected chi connectivity index (χ0v) is 21.6.